The van der Waals surface area contributed by atoms with Gasteiger partial charge in [-0.05, 0) is 51.5 Å². The Balaban J connectivity index is 0.000000409. The average molecular weight is 382 g/mol. The minimum absolute atomic E-state index is 0.381. The molecule has 0 saturated carbocycles. The first-order valence-electron chi connectivity index (χ1n) is 9.12. The number of rotatable bonds is 4. The molecule has 148 valence electrons. The molecule has 1 aliphatic rings. The van der Waals surface area contributed by atoms with Crippen molar-refractivity contribution in [3.05, 3.63) is 70.8 Å². The van der Waals surface area contributed by atoms with Gasteiger partial charge in [0.15, 0.2) is 0 Å². The van der Waals surface area contributed by atoms with Gasteiger partial charge in [-0.15, -0.1) is 0 Å². The lowest BCUT2D eigenvalue weighted by Gasteiger charge is -2.25. The van der Waals surface area contributed by atoms with Crippen LogP contribution in [0.1, 0.15) is 28.7 Å². The lowest BCUT2D eigenvalue weighted by Crippen LogP contribution is -2.26. The molecule has 3 rings (SSSR count). The Bertz CT molecular complexity index is 862. The molecule has 0 aromatic heterocycles. The average Bonchev–Trinajstić information content (AvgIpc) is 2.66. The zero-order chi connectivity index (χ0) is 20.7. The molecule has 28 heavy (non-hydrogen) atoms. The third-order valence-electron chi connectivity index (χ3n) is 4.53. The Kier molecular flexibility index (Phi) is 7.46. The Morgan fingerprint density at radius 3 is 2.14 bits per heavy atom. The third kappa shape index (κ3) is 5.76. The molecule has 0 radical (unpaired) electrons. The van der Waals surface area contributed by atoms with Gasteiger partial charge in [0, 0.05) is 11.1 Å². The van der Waals surface area contributed by atoms with Crippen molar-refractivity contribution >= 4 is 17.7 Å². The number of carboxylic acid groups (broad SMARTS) is 2. The van der Waals surface area contributed by atoms with Crippen molar-refractivity contribution in [1.82, 2.24) is 4.90 Å². The van der Waals surface area contributed by atoms with E-state index >= 15 is 0 Å². The molecule has 0 aliphatic carbocycles. The van der Waals surface area contributed by atoms with Crippen LogP contribution in [0.15, 0.2) is 53.5 Å². The Morgan fingerprint density at radius 2 is 1.57 bits per heavy atom. The number of hydrogen-bond acceptors (Lipinski definition) is 4. The molecule has 1 heterocycles. The summed E-state index contributed by atoms with van der Waals surface area (Å²) >= 11 is 0. The zero-order valence-electron chi connectivity index (χ0n) is 16.4. The lowest BCUT2D eigenvalue weighted by atomic mass is 9.88. The molecule has 6 heteroatoms. The predicted molar refractivity (Wildman–Crippen MR) is 109 cm³/mol. The molecule has 0 fully saturated rings. The van der Waals surface area contributed by atoms with Crippen LogP contribution in [0.3, 0.4) is 0 Å². The number of hydrogen-bond donors (Lipinski definition) is 2. The summed E-state index contributed by atoms with van der Waals surface area (Å²) in [5, 5.41) is 14.8. The second kappa shape index (κ2) is 9.80. The van der Waals surface area contributed by atoms with Gasteiger partial charge >= 0.3 is 11.9 Å². The van der Waals surface area contributed by atoms with Gasteiger partial charge < -0.3 is 15.1 Å². The molecule has 0 amide bonds. The molecule has 1 aliphatic heterocycles. The Morgan fingerprint density at radius 1 is 1.00 bits per heavy atom. The molecule has 1 unspecified atom stereocenters. The van der Waals surface area contributed by atoms with Gasteiger partial charge in [-0.3, -0.25) is 4.99 Å². The summed E-state index contributed by atoms with van der Waals surface area (Å²) in [5.41, 5.74) is 6.47. The van der Waals surface area contributed by atoms with Crippen molar-refractivity contribution in [1.29, 1.82) is 0 Å². The summed E-state index contributed by atoms with van der Waals surface area (Å²) in [6, 6.07) is 17.7. The summed E-state index contributed by atoms with van der Waals surface area (Å²) < 4.78 is 0. The second-order valence-electron chi connectivity index (χ2n) is 7.01. The number of fused-ring (bicyclic) bond motifs is 1. The van der Waals surface area contributed by atoms with Crippen LogP contribution in [0.5, 0.6) is 0 Å². The van der Waals surface area contributed by atoms with E-state index in [9.17, 15) is 0 Å². The molecular formula is C22H26N2O4. The molecule has 0 saturated heterocycles. The fraction of sp³-hybridized carbons (Fsp3) is 0.318. The molecule has 2 aromatic carbocycles. The maximum Gasteiger partial charge on any atom is 0.414 e. The number of aliphatic imine (C=N–C) groups is 1. The largest absolute Gasteiger partial charge is 0.473 e. The summed E-state index contributed by atoms with van der Waals surface area (Å²) in [7, 11) is 4.26. The van der Waals surface area contributed by atoms with Crippen LogP contribution in [0.4, 0.5) is 0 Å². The fourth-order valence-corrected chi connectivity index (χ4v) is 3.11. The van der Waals surface area contributed by atoms with Crippen LogP contribution in [0.25, 0.3) is 0 Å². The quantitative estimate of drug-likeness (QED) is 0.794. The number of carboxylic acids is 2. The van der Waals surface area contributed by atoms with Crippen LogP contribution in [0.2, 0.25) is 0 Å². The zero-order valence-corrected chi connectivity index (χ0v) is 16.4. The fourth-order valence-electron chi connectivity index (χ4n) is 3.11. The van der Waals surface area contributed by atoms with Gasteiger partial charge in [-0.2, -0.15) is 0 Å². The highest BCUT2D eigenvalue weighted by Crippen LogP contribution is 2.26. The smallest absolute Gasteiger partial charge is 0.414 e. The number of benzene rings is 2. The number of aryl methyl sites for hydroxylation is 1. The van der Waals surface area contributed by atoms with E-state index in [-0.39, 0.29) is 0 Å². The highest BCUT2D eigenvalue weighted by molar-refractivity contribution is 6.27. The molecule has 1 atom stereocenters. The van der Waals surface area contributed by atoms with Gasteiger partial charge in [-0.1, -0.05) is 48.5 Å². The minimum atomic E-state index is -1.82. The number of aliphatic carboxylic acids is 2. The monoisotopic (exact) mass is 382 g/mol. The molecule has 2 aromatic rings. The van der Waals surface area contributed by atoms with E-state index in [1.54, 1.807) is 0 Å². The van der Waals surface area contributed by atoms with Gasteiger partial charge in [0.2, 0.25) is 0 Å². The SMILES string of the molecule is Cc1ccccc1C1=NC(CCN(C)C)Cc2ccccc21.O=C(O)C(=O)O. The van der Waals surface area contributed by atoms with Crippen LogP contribution in [-0.4, -0.2) is 59.4 Å². The van der Waals surface area contributed by atoms with Crippen molar-refractivity contribution in [3.8, 4) is 0 Å². The summed E-state index contributed by atoms with van der Waals surface area (Å²) in [4.78, 5) is 25.6. The van der Waals surface area contributed by atoms with Crippen molar-refractivity contribution in [2.24, 2.45) is 4.99 Å². The minimum Gasteiger partial charge on any atom is -0.473 e. The van der Waals surface area contributed by atoms with Crippen molar-refractivity contribution in [2.75, 3.05) is 20.6 Å². The standard InChI is InChI=1S/C20H24N2.C2H2O4/c1-15-8-4-6-10-18(15)20-19-11-7-5-9-16(19)14-17(21-20)12-13-22(2)3;3-1(4)2(5)6/h4-11,17H,12-14H2,1-3H3;(H,3,4)(H,5,6). The first-order valence-corrected chi connectivity index (χ1v) is 9.12. The van der Waals surface area contributed by atoms with Crippen LogP contribution < -0.4 is 0 Å². The Labute approximate surface area is 165 Å². The van der Waals surface area contributed by atoms with Crippen molar-refractivity contribution in [3.63, 3.8) is 0 Å². The molecule has 0 spiro atoms. The third-order valence-corrected chi connectivity index (χ3v) is 4.53. The van der Waals surface area contributed by atoms with Gasteiger partial charge in [0.05, 0.1) is 11.8 Å². The maximum absolute atomic E-state index is 9.10. The maximum atomic E-state index is 9.10. The topological polar surface area (TPSA) is 90.2 Å². The highest BCUT2D eigenvalue weighted by Gasteiger charge is 2.22. The second-order valence-corrected chi connectivity index (χ2v) is 7.01. The number of carbonyl (C=O) groups is 2. The first kappa shape index (κ1) is 21.3. The van der Waals surface area contributed by atoms with Gasteiger partial charge in [-0.25, -0.2) is 9.59 Å². The summed E-state index contributed by atoms with van der Waals surface area (Å²) in [6.07, 6.45) is 2.16. The van der Waals surface area contributed by atoms with E-state index in [0.29, 0.717) is 6.04 Å². The highest BCUT2D eigenvalue weighted by atomic mass is 16.4. The molecule has 2 N–H and O–H groups in total. The first-order chi connectivity index (χ1) is 13.3. The predicted octanol–water partition coefficient (Wildman–Crippen LogP) is 2.86. The normalized spacial score (nSPS) is 15.1. The van der Waals surface area contributed by atoms with Gasteiger partial charge in [0.1, 0.15) is 0 Å². The number of nitrogens with zero attached hydrogens (tertiary/aromatic N) is 2. The molecular weight excluding hydrogens is 356 g/mol. The van der Waals surface area contributed by atoms with E-state index in [4.69, 9.17) is 24.8 Å². The van der Waals surface area contributed by atoms with Crippen molar-refractivity contribution in [2.45, 2.75) is 25.8 Å². The van der Waals surface area contributed by atoms with Crippen LogP contribution in [0, 0.1) is 6.92 Å². The van der Waals surface area contributed by atoms with Crippen LogP contribution >= 0.6 is 0 Å². The Hall–Kier alpha value is -2.99. The van der Waals surface area contributed by atoms with E-state index in [1.165, 1.54) is 28.0 Å². The molecule has 0 bridgehead atoms. The summed E-state index contributed by atoms with van der Waals surface area (Å²) in [5.74, 6) is -3.65. The van der Waals surface area contributed by atoms with Crippen LogP contribution in [-0.2, 0) is 16.0 Å². The van der Waals surface area contributed by atoms with E-state index in [1.807, 2.05) is 0 Å². The summed E-state index contributed by atoms with van der Waals surface area (Å²) in [6.45, 7) is 3.25. The molecule has 6 nitrogen and oxygen atoms in total. The van der Waals surface area contributed by atoms with E-state index in [2.05, 4.69) is 74.4 Å². The van der Waals surface area contributed by atoms with Crippen molar-refractivity contribution < 1.29 is 19.8 Å². The van der Waals surface area contributed by atoms with E-state index in [0.717, 1.165) is 19.4 Å². The van der Waals surface area contributed by atoms with E-state index < -0.39 is 11.9 Å². The lowest BCUT2D eigenvalue weighted by molar-refractivity contribution is -0.159. The van der Waals surface area contributed by atoms with Gasteiger partial charge in [0.25, 0.3) is 0 Å².